The molecule has 0 amide bonds. The quantitative estimate of drug-likeness (QED) is 0.382. The van der Waals surface area contributed by atoms with Gasteiger partial charge in [0, 0.05) is 22.1 Å². The molecule has 0 saturated heterocycles. The van der Waals surface area contributed by atoms with E-state index in [4.69, 9.17) is 9.47 Å². The van der Waals surface area contributed by atoms with Crippen LogP contribution in [0, 0.1) is 5.82 Å². The molecule has 5 rings (SSSR count). The molecule has 0 spiro atoms. The Hall–Kier alpha value is -3.92. The van der Waals surface area contributed by atoms with Crippen molar-refractivity contribution in [2.75, 3.05) is 7.11 Å². The van der Waals surface area contributed by atoms with Crippen molar-refractivity contribution in [2.24, 2.45) is 0 Å². The van der Waals surface area contributed by atoms with Gasteiger partial charge in [-0.25, -0.2) is 9.18 Å². The molecule has 0 atom stereocenters. The minimum absolute atomic E-state index is 0.335. The number of rotatable bonds is 3. The van der Waals surface area contributed by atoms with Crippen LogP contribution in [0.2, 0.25) is 0 Å². The lowest BCUT2D eigenvalue weighted by Crippen LogP contribution is -2.34. The molecule has 0 fully saturated rings. The third-order valence-corrected chi connectivity index (χ3v) is 5.65. The van der Waals surface area contributed by atoms with E-state index in [2.05, 4.69) is 0 Å². The molecule has 0 bridgehead atoms. The highest BCUT2D eigenvalue weighted by Crippen LogP contribution is 2.46. The number of hydrogen-bond donors (Lipinski definition) is 0. The molecule has 0 saturated carbocycles. The molecule has 31 heavy (non-hydrogen) atoms. The summed E-state index contributed by atoms with van der Waals surface area (Å²) in [6.45, 7) is 0. The van der Waals surface area contributed by atoms with Gasteiger partial charge < -0.3 is 9.47 Å². The van der Waals surface area contributed by atoms with Gasteiger partial charge in [0.1, 0.15) is 11.6 Å². The van der Waals surface area contributed by atoms with Gasteiger partial charge in [-0.1, -0.05) is 60.7 Å². The number of benzene rings is 4. The molecule has 0 unspecified atom stereocenters. The van der Waals surface area contributed by atoms with Gasteiger partial charge in [0.05, 0.1) is 12.7 Å². The highest BCUT2D eigenvalue weighted by atomic mass is 19.1. The molecule has 152 valence electrons. The SMILES string of the molecule is COC(=O)c1cc2cc(F)ccc2c2c1C=CC(c1ccccc1)(c1ccccc1)O2. The maximum absolute atomic E-state index is 14.0. The van der Waals surface area contributed by atoms with E-state index >= 15 is 0 Å². The van der Waals surface area contributed by atoms with E-state index in [1.54, 1.807) is 12.1 Å². The van der Waals surface area contributed by atoms with E-state index < -0.39 is 11.6 Å². The van der Waals surface area contributed by atoms with Crippen molar-refractivity contribution in [3.8, 4) is 5.75 Å². The van der Waals surface area contributed by atoms with E-state index in [1.165, 1.54) is 19.2 Å². The standard InChI is InChI=1S/C27H19FO3/c1-30-26(29)24-17-18-16-21(28)12-13-22(18)25-23(24)14-15-27(31-25,19-8-4-2-5-9-19)20-10-6-3-7-11-20/h2-17H,1H3. The largest absolute Gasteiger partial charge is 0.472 e. The van der Waals surface area contributed by atoms with Crippen molar-refractivity contribution in [1.29, 1.82) is 0 Å². The van der Waals surface area contributed by atoms with Crippen LogP contribution in [0.5, 0.6) is 5.75 Å². The zero-order valence-corrected chi connectivity index (χ0v) is 16.8. The van der Waals surface area contributed by atoms with Crippen molar-refractivity contribution in [1.82, 2.24) is 0 Å². The van der Waals surface area contributed by atoms with Gasteiger partial charge in [-0.3, -0.25) is 0 Å². The molecular formula is C27H19FO3. The van der Waals surface area contributed by atoms with Crippen molar-refractivity contribution in [2.45, 2.75) is 5.60 Å². The molecule has 4 aromatic rings. The van der Waals surface area contributed by atoms with E-state index in [1.807, 2.05) is 72.8 Å². The highest BCUT2D eigenvalue weighted by molar-refractivity contribution is 6.04. The van der Waals surface area contributed by atoms with Gasteiger partial charge in [-0.15, -0.1) is 0 Å². The van der Waals surface area contributed by atoms with Crippen molar-refractivity contribution >= 4 is 22.8 Å². The van der Waals surface area contributed by atoms with Gasteiger partial charge in [-0.2, -0.15) is 0 Å². The summed E-state index contributed by atoms with van der Waals surface area (Å²) in [5, 5.41) is 1.30. The number of ether oxygens (including phenoxy) is 2. The lowest BCUT2D eigenvalue weighted by atomic mass is 9.82. The first-order valence-electron chi connectivity index (χ1n) is 9.96. The second-order valence-electron chi connectivity index (χ2n) is 7.43. The van der Waals surface area contributed by atoms with Crippen molar-refractivity contribution in [3.05, 3.63) is 119 Å². The van der Waals surface area contributed by atoms with Gasteiger partial charge >= 0.3 is 5.97 Å². The van der Waals surface area contributed by atoms with E-state index in [9.17, 15) is 9.18 Å². The number of hydrogen-bond acceptors (Lipinski definition) is 3. The second-order valence-corrected chi connectivity index (χ2v) is 7.43. The number of esters is 1. The Morgan fingerprint density at radius 2 is 1.55 bits per heavy atom. The van der Waals surface area contributed by atoms with Gasteiger partial charge in [0.15, 0.2) is 5.60 Å². The van der Waals surface area contributed by atoms with Crippen molar-refractivity contribution < 1.29 is 18.7 Å². The molecule has 1 heterocycles. The number of fused-ring (bicyclic) bond motifs is 3. The Kier molecular flexibility index (Phi) is 4.55. The predicted molar refractivity (Wildman–Crippen MR) is 119 cm³/mol. The molecule has 3 nitrogen and oxygen atoms in total. The maximum atomic E-state index is 14.0. The van der Waals surface area contributed by atoms with Gasteiger partial charge in [0.2, 0.25) is 0 Å². The molecule has 0 aliphatic carbocycles. The third kappa shape index (κ3) is 3.08. The Balaban J connectivity index is 1.82. The summed E-state index contributed by atoms with van der Waals surface area (Å²) in [5.74, 6) is -0.359. The first kappa shape index (κ1) is 19.1. The number of halogens is 1. The van der Waals surface area contributed by atoms with Crippen LogP contribution >= 0.6 is 0 Å². The molecule has 4 aromatic carbocycles. The first-order valence-corrected chi connectivity index (χ1v) is 9.96. The van der Waals surface area contributed by atoms with Crippen LogP contribution in [-0.4, -0.2) is 13.1 Å². The number of methoxy groups -OCH3 is 1. The summed E-state index contributed by atoms with van der Waals surface area (Å²) in [4.78, 5) is 12.5. The summed E-state index contributed by atoms with van der Waals surface area (Å²) >= 11 is 0. The lowest BCUT2D eigenvalue weighted by molar-refractivity contribution is 0.0599. The summed E-state index contributed by atoms with van der Waals surface area (Å²) in [6.07, 6.45) is 3.86. The fourth-order valence-electron chi connectivity index (χ4n) is 4.16. The van der Waals surface area contributed by atoms with Gasteiger partial charge in [-0.05, 0) is 41.8 Å². The monoisotopic (exact) mass is 410 g/mol. The summed E-state index contributed by atoms with van der Waals surface area (Å²) in [7, 11) is 1.33. The van der Waals surface area contributed by atoms with E-state index in [0.717, 1.165) is 16.5 Å². The number of carbonyl (C=O) groups is 1. The molecule has 1 aliphatic heterocycles. The second kappa shape index (κ2) is 7.40. The molecule has 0 N–H and O–H groups in total. The van der Waals surface area contributed by atoms with Crippen molar-refractivity contribution in [3.63, 3.8) is 0 Å². The van der Waals surface area contributed by atoms with Crippen LogP contribution in [0.25, 0.3) is 16.8 Å². The maximum Gasteiger partial charge on any atom is 0.338 e. The zero-order chi connectivity index (χ0) is 21.4. The highest BCUT2D eigenvalue weighted by Gasteiger charge is 2.38. The zero-order valence-electron chi connectivity index (χ0n) is 16.8. The average Bonchev–Trinajstić information content (AvgIpc) is 2.83. The topological polar surface area (TPSA) is 35.5 Å². The Morgan fingerprint density at radius 1 is 0.903 bits per heavy atom. The fourth-order valence-corrected chi connectivity index (χ4v) is 4.16. The number of carbonyl (C=O) groups excluding carboxylic acids is 1. The lowest BCUT2D eigenvalue weighted by Gasteiger charge is -2.37. The van der Waals surface area contributed by atoms with Crippen LogP contribution in [0.3, 0.4) is 0 Å². The third-order valence-electron chi connectivity index (χ3n) is 5.65. The normalized spacial score (nSPS) is 14.0. The van der Waals surface area contributed by atoms with Crippen LogP contribution < -0.4 is 4.74 Å². The molecular weight excluding hydrogens is 391 g/mol. The minimum atomic E-state index is -0.897. The van der Waals surface area contributed by atoms with Crippen LogP contribution in [0.15, 0.2) is 91.0 Å². The minimum Gasteiger partial charge on any atom is -0.472 e. The smallest absolute Gasteiger partial charge is 0.338 e. The van der Waals surface area contributed by atoms with E-state index in [-0.39, 0.29) is 5.82 Å². The molecule has 1 aliphatic rings. The predicted octanol–water partition coefficient (Wildman–Crippen LogP) is 6.11. The molecule has 0 aromatic heterocycles. The average molecular weight is 410 g/mol. The van der Waals surface area contributed by atoms with Crippen LogP contribution in [-0.2, 0) is 10.3 Å². The summed E-state index contributed by atoms with van der Waals surface area (Å²) in [6, 6.07) is 25.9. The van der Waals surface area contributed by atoms with Crippen LogP contribution in [0.1, 0.15) is 27.0 Å². The summed E-state index contributed by atoms with van der Waals surface area (Å²) < 4.78 is 25.7. The van der Waals surface area contributed by atoms with Crippen LogP contribution in [0.4, 0.5) is 4.39 Å². The molecule has 0 radical (unpaired) electrons. The first-order chi connectivity index (χ1) is 15.1. The Labute approximate surface area is 179 Å². The summed E-state index contributed by atoms with van der Waals surface area (Å²) in [5.41, 5.74) is 1.95. The fraction of sp³-hybridized carbons (Fsp3) is 0.0741. The van der Waals surface area contributed by atoms with E-state index in [0.29, 0.717) is 22.3 Å². The Morgan fingerprint density at radius 3 is 2.16 bits per heavy atom. The van der Waals surface area contributed by atoms with Gasteiger partial charge in [0.25, 0.3) is 0 Å². The Bertz CT molecular complexity index is 1270. The molecule has 4 heteroatoms.